The lowest BCUT2D eigenvalue weighted by Crippen LogP contribution is -2.42. The molecule has 1 aliphatic heterocycles. The summed E-state index contributed by atoms with van der Waals surface area (Å²) in [4.78, 5) is 25.7. The Balaban J connectivity index is 2.05. The number of piperidine rings is 1. The van der Waals surface area contributed by atoms with Crippen LogP contribution in [0.3, 0.4) is 0 Å². The highest BCUT2D eigenvalue weighted by atomic mass is 16.2. The minimum absolute atomic E-state index is 0.0598. The first kappa shape index (κ1) is 15.5. The first-order valence-electron chi connectivity index (χ1n) is 7.44. The standard InChI is InChI=1S/C16H23N3O2/c1-18-9-6-12-4-2-3-5-14(12)16(21)19-10-7-13(8-11-19)15(17)20/h2-5,13,18H,6-11H2,1H3,(H2,17,20). The van der Waals surface area contributed by atoms with E-state index in [1.807, 2.05) is 36.2 Å². The van der Waals surface area contributed by atoms with Gasteiger partial charge in [-0.3, -0.25) is 9.59 Å². The summed E-state index contributed by atoms with van der Waals surface area (Å²) in [5, 5.41) is 3.10. The van der Waals surface area contributed by atoms with Crippen molar-refractivity contribution in [3.8, 4) is 0 Å². The molecule has 0 radical (unpaired) electrons. The molecule has 5 heteroatoms. The molecule has 0 saturated carbocycles. The Labute approximate surface area is 125 Å². The number of rotatable bonds is 5. The Morgan fingerprint density at radius 2 is 1.95 bits per heavy atom. The van der Waals surface area contributed by atoms with Crippen LogP contribution in [0.5, 0.6) is 0 Å². The predicted molar refractivity (Wildman–Crippen MR) is 81.9 cm³/mol. The number of nitrogens with zero attached hydrogens (tertiary/aromatic N) is 1. The molecule has 1 aromatic carbocycles. The van der Waals surface area contributed by atoms with Gasteiger partial charge in [-0.1, -0.05) is 18.2 Å². The number of carbonyl (C=O) groups excluding carboxylic acids is 2. The zero-order chi connectivity index (χ0) is 15.2. The van der Waals surface area contributed by atoms with E-state index in [9.17, 15) is 9.59 Å². The van der Waals surface area contributed by atoms with Crippen LogP contribution in [0.4, 0.5) is 0 Å². The van der Waals surface area contributed by atoms with E-state index < -0.39 is 0 Å². The van der Waals surface area contributed by atoms with Gasteiger partial charge in [0.2, 0.25) is 5.91 Å². The van der Waals surface area contributed by atoms with Crippen LogP contribution in [0.2, 0.25) is 0 Å². The fraction of sp³-hybridized carbons (Fsp3) is 0.500. The van der Waals surface area contributed by atoms with Crippen molar-refractivity contribution in [3.05, 3.63) is 35.4 Å². The summed E-state index contributed by atoms with van der Waals surface area (Å²) in [6.45, 7) is 2.05. The van der Waals surface area contributed by atoms with Crippen LogP contribution in [0.1, 0.15) is 28.8 Å². The molecule has 5 nitrogen and oxygen atoms in total. The van der Waals surface area contributed by atoms with Crippen molar-refractivity contribution >= 4 is 11.8 Å². The van der Waals surface area contributed by atoms with Crippen LogP contribution in [-0.4, -0.2) is 43.4 Å². The SMILES string of the molecule is CNCCc1ccccc1C(=O)N1CCC(C(N)=O)CC1. The van der Waals surface area contributed by atoms with Crippen molar-refractivity contribution in [2.75, 3.05) is 26.7 Å². The molecule has 2 amide bonds. The number of likely N-dealkylation sites (tertiary alicyclic amines) is 1. The number of amides is 2. The Hall–Kier alpha value is -1.88. The lowest BCUT2D eigenvalue weighted by atomic mass is 9.95. The molecule has 0 unspecified atom stereocenters. The number of hydrogen-bond donors (Lipinski definition) is 2. The van der Waals surface area contributed by atoms with E-state index in [4.69, 9.17) is 5.73 Å². The second-order valence-electron chi connectivity index (χ2n) is 5.48. The van der Waals surface area contributed by atoms with Crippen LogP contribution < -0.4 is 11.1 Å². The minimum atomic E-state index is -0.253. The third kappa shape index (κ3) is 3.82. The fourth-order valence-electron chi connectivity index (χ4n) is 2.74. The van der Waals surface area contributed by atoms with Crippen LogP contribution in [0.25, 0.3) is 0 Å². The van der Waals surface area contributed by atoms with Gasteiger partial charge in [0.1, 0.15) is 0 Å². The van der Waals surface area contributed by atoms with Crippen molar-refractivity contribution in [2.45, 2.75) is 19.3 Å². The highest BCUT2D eigenvalue weighted by Crippen LogP contribution is 2.20. The highest BCUT2D eigenvalue weighted by Gasteiger charge is 2.27. The maximum absolute atomic E-state index is 12.6. The molecule has 1 fully saturated rings. The first-order valence-corrected chi connectivity index (χ1v) is 7.44. The number of likely N-dealkylation sites (N-methyl/N-ethyl adjacent to an activating group) is 1. The largest absolute Gasteiger partial charge is 0.369 e. The van der Waals surface area contributed by atoms with Gasteiger partial charge in [0, 0.05) is 24.6 Å². The van der Waals surface area contributed by atoms with Gasteiger partial charge in [0.25, 0.3) is 5.91 Å². The van der Waals surface area contributed by atoms with E-state index in [0.717, 1.165) is 24.1 Å². The van der Waals surface area contributed by atoms with E-state index in [-0.39, 0.29) is 17.7 Å². The Morgan fingerprint density at radius 1 is 1.29 bits per heavy atom. The minimum Gasteiger partial charge on any atom is -0.369 e. The van der Waals surface area contributed by atoms with Crippen molar-refractivity contribution in [1.29, 1.82) is 0 Å². The van der Waals surface area contributed by atoms with Crippen LogP contribution in [-0.2, 0) is 11.2 Å². The second-order valence-corrected chi connectivity index (χ2v) is 5.48. The summed E-state index contributed by atoms with van der Waals surface area (Å²) in [6.07, 6.45) is 2.16. The zero-order valence-corrected chi connectivity index (χ0v) is 12.5. The van der Waals surface area contributed by atoms with E-state index >= 15 is 0 Å². The Bertz CT molecular complexity index is 508. The maximum Gasteiger partial charge on any atom is 0.254 e. The second kappa shape index (κ2) is 7.22. The van der Waals surface area contributed by atoms with Gasteiger partial charge < -0.3 is 16.0 Å². The van der Waals surface area contributed by atoms with Gasteiger partial charge in [0.15, 0.2) is 0 Å². The summed E-state index contributed by atoms with van der Waals surface area (Å²) in [7, 11) is 1.90. The molecule has 21 heavy (non-hydrogen) atoms. The molecule has 0 aliphatic carbocycles. The molecule has 1 aromatic rings. The number of primary amides is 1. The summed E-state index contributed by atoms with van der Waals surface area (Å²) >= 11 is 0. The zero-order valence-electron chi connectivity index (χ0n) is 12.5. The number of carbonyl (C=O) groups is 2. The lowest BCUT2D eigenvalue weighted by molar-refractivity contribution is -0.123. The van der Waals surface area contributed by atoms with Gasteiger partial charge in [-0.15, -0.1) is 0 Å². The summed E-state index contributed by atoms with van der Waals surface area (Å²) in [5.74, 6) is -0.283. The van der Waals surface area contributed by atoms with Gasteiger partial charge in [-0.2, -0.15) is 0 Å². The quantitative estimate of drug-likeness (QED) is 0.841. The van der Waals surface area contributed by atoms with Gasteiger partial charge >= 0.3 is 0 Å². The molecule has 1 aliphatic rings. The van der Waals surface area contributed by atoms with Crippen molar-refractivity contribution in [1.82, 2.24) is 10.2 Å². The number of nitrogens with one attached hydrogen (secondary N) is 1. The van der Waals surface area contributed by atoms with Gasteiger partial charge in [-0.25, -0.2) is 0 Å². The third-order valence-electron chi connectivity index (χ3n) is 4.08. The van der Waals surface area contributed by atoms with Crippen LogP contribution in [0.15, 0.2) is 24.3 Å². The summed E-state index contributed by atoms with van der Waals surface area (Å²) in [6, 6.07) is 7.74. The molecular formula is C16H23N3O2. The smallest absolute Gasteiger partial charge is 0.254 e. The number of nitrogens with two attached hydrogens (primary N) is 1. The Morgan fingerprint density at radius 3 is 2.57 bits per heavy atom. The molecule has 0 bridgehead atoms. The monoisotopic (exact) mass is 289 g/mol. The lowest BCUT2D eigenvalue weighted by Gasteiger charge is -2.31. The molecule has 2 rings (SSSR count). The van der Waals surface area contributed by atoms with Crippen LogP contribution >= 0.6 is 0 Å². The summed E-state index contributed by atoms with van der Waals surface area (Å²) in [5.41, 5.74) is 7.16. The third-order valence-corrected chi connectivity index (χ3v) is 4.08. The highest BCUT2D eigenvalue weighted by molar-refractivity contribution is 5.96. The molecule has 1 saturated heterocycles. The molecule has 0 spiro atoms. The van der Waals surface area contributed by atoms with Crippen molar-refractivity contribution in [3.63, 3.8) is 0 Å². The Kier molecular flexibility index (Phi) is 5.33. The average molecular weight is 289 g/mol. The maximum atomic E-state index is 12.6. The molecule has 114 valence electrons. The molecule has 1 heterocycles. The van der Waals surface area contributed by atoms with Crippen molar-refractivity contribution in [2.24, 2.45) is 11.7 Å². The fourth-order valence-corrected chi connectivity index (χ4v) is 2.74. The topological polar surface area (TPSA) is 75.4 Å². The first-order chi connectivity index (χ1) is 10.1. The molecule has 0 atom stereocenters. The molecular weight excluding hydrogens is 266 g/mol. The number of hydrogen-bond acceptors (Lipinski definition) is 3. The van der Waals surface area contributed by atoms with E-state index in [0.29, 0.717) is 25.9 Å². The molecule has 0 aromatic heterocycles. The van der Waals surface area contributed by atoms with Gasteiger partial charge in [-0.05, 0) is 44.5 Å². The average Bonchev–Trinajstić information content (AvgIpc) is 2.52. The normalized spacial score (nSPS) is 16.0. The number of benzene rings is 1. The van der Waals surface area contributed by atoms with Crippen LogP contribution in [0, 0.1) is 5.92 Å². The van der Waals surface area contributed by atoms with E-state index in [1.54, 1.807) is 0 Å². The van der Waals surface area contributed by atoms with E-state index in [1.165, 1.54) is 0 Å². The van der Waals surface area contributed by atoms with Crippen molar-refractivity contribution < 1.29 is 9.59 Å². The predicted octanol–water partition coefficient (Wildman–Crippen LogP) is 0.786. The van der Waals surface area contributed by atoms with E-state index in [2.05, 4.69) is 5.32 Å². The summed E-state index contributed by atoms with van der Waals surface area (Å²) < 4.78 is 0. The molecule has 3 N–H and O–H groups in total. The van der Waals surface area contributed by atoms with Gasteiger partial charge in [0.05, 0.1) is 0 Å².